The van der Waals surface area contributed by atoms with Crippen LogP contribution >= 0.6 is 0 Å². The molecule has 33 heavy (non-hydrogen) atoms. The fourth-order valence-corrected chi connectivity index (χ4v) is 2.60. The monoisotopic (exact) mass is 452 g/mol. The van der Waals surface area contributed by atoms with Crippen LogP contribution in [0.5, 0.6) is 0 Å². The third-order valence-corrected chi connectivity index (χ3v) is 5.03. The quantitative estimate of drug-likeness (QED) is 0.250. The first-order valence-electron chi connectivity index (χ1n) is 10.2. The second kappa shape index (κ2) is 13.0. The van der Waals surface area contributed by atoms with Crippen LogP contribution in [0.3, 0.4) is 0 Å². The Morgan fingerprint density at radius 2 is 1.42 bits per heavy atom. The van der Waals surface area contributed by atoms with Gasteiger partial charge in [-0.05, 0) is 54.4 Å². The van der Waals surface area contributed by atoms with Gasteiger partial charge < -0.3 is 16.4 Å². The topological polar surface area (TPSA) is 134 Å². The molecule has 176 valence electrons. The van der Waals surface area contributed by atoms with Crippen LogP contribution in [0.1, 0.15) is 49.7 Å². The average molecular weight is 453 g/mol. The molecule has 0 fully saturated rings. The van der Waals surface area contributed by atoms with Crippen LogP contribution in [-0.2, 0) is 9.59 Å². The lowest BCUT2D eigenvalue weighted by molar-refractivity contribution is -0.130. The molecule has 0 bridgehead atoms. The maximum atomic E-state index is 12.2. The highest BCUT2D eigenvalue weighted by molar-refractivity contribution is 5.97. The van der Waals surface area contributed by atoms with Crippen molar-refractivity contribution in [3.63, 3.8) is 0 Å². The highest BCUT2D eigenvalue weighted by Gasteiger charge is 2.19. The number of amides is 3. The predicted octanol–water partition coefficient (Wildman–Crippen LogP) is 2.52. The van der Waals surface area contributed by atoms with Crippen molar-refractivity contribution in [2.45, 2.75) is 34.2 Å². The number of rotatable bonds is 7. The third kappa shape index (κ3) is 8.07. The Labute approximate surface area is 194 Å². The molecular weight excluding hydrogens is 420 g/mol. The first kappa shape index (κ1) is 27.4. The molecule has 0 aliphatic rings. The fourth-order valence-electron chi connectivity index (χ4n) is 2.60. The number of nitrogens with one attached hydrogen (secondary N) is 3. The van der Waals surface area contributed by atoms with Crippen LogP contribution in [0.25, 0.3) is 0 Å². The minimum atomic E-state index is -1.03. The van der Waals surface area contributed by atoms with Crippen molar-refractivity contribution in [2.75, 3.05) is 11.9 Å². The van der Waals surface area contributed by atoms with E-state index < -0.39 is 17.9 Å². The second-order valence-electron chi connectivity index (χ2n) is 7.66. The summed E-state index contributed by atoms with van der Waals surface area (Å²) in [7, 11) is 0. The molecule has 2 rings (SSSR count). The average Bonchev–Trinajstić information content (AvgIpc) is 2.81. The zero-order chi connectivity index (χ0) is 23.7. The molecule has 0 saturated heterocycles. The predicted molar refractivity (Wildman–Crippen MR) is 128 cm³/mol. The van der Waals surface area contributed by atoms with Crippen molar-refractivity contribution in [1.29, 1.82) is 0 Å². The first-order chi connectivity index (χ1) is 15.2. The van der Waals surface area contributed by atoms with Crippen molar-refractivity contribution in [2.24, 2.45) is 17.6 Å². The molecule has 3 amide bonds. The summed E-state index contributed by atoms with van der Waals surface area (Å²) in [4.78, 5) is 35.8. The van der Waals surface area contributed by atoms with Crippen LogP contribution in [0.2, 0.25) is 0 Å². The van der Waals surface area contributed by atoms with Crippen LogP contribution in [0.15, 0.2) is 48.5 Å². The minimum absolute atomic E-state index is 0. The van der Waals surface area contributed by atoms with Crippen molar-refractivity contribution in [1.82, 2.24) is 10.8 Å². The standard InChI is InChI=1S/C24H28N4O4.CH4/c1-15(2)16(3)22(29)26-20-12-8-18(9-13-20)5-4-17-6-10-19(11-7-17)23(30)27-21(14-25)24(31)28-32;/h6-13,15-16,21,32H,14,25H2,1-3H3,(H,26,29)(H,27,30)(H,28,31);1H4/t16-,21-;/m0./s1. The molecule has 0 aromatic heterocycles. The van der Waals surface area contributed by atoms with E-state index >= 15 is 0 Å². The molecule has 0 spiro atoms. The lowest BCUT2D eigenvalue weighted by atomic mass is 9.97. The van der Waals surface area contributed by atoms with Gasteiger partial charge in [0.15, 0.2) is 0 Å². The summed E-state index contributed by atoms with van der Waals surface area (Å²) in [6.07, 6.45) is 0. The normalized spacial score (nSPS) is 11.8. The Hall–Kier alpha value is -3.67. The summed E-state index contributed by atoms with van der Waals surface area (Å²) < 4.78 is 0. The van der Waals surface area contributed by atoms with Gasteiger partial charge >= 0.3 is 0 Å². The van der Waals surface area contributed by atoms with Gasteiger partial charge in [0.2, 0.25) is 5.91 Å². The molecule has 6 N–H and O–H groups in total. The van der Waals surface area contributed by atoms with E-state index in [1.807, 2.05) is 32.9 Å². The Morgan fingerprint density at radius 1 is 0.909 bits per heavy atom. The molecule has 8 heteroatoms. The molecule has 0 heterocycles. The highest BCUT2D eigenvalue weighted by atomic mass is 16.5. The van der Waals surface area contributed by atoms with Crippen LogP contribution in [-0.4, -0.2) is 35.5 Å². The van der Waals surface area contributed by atoms with E-state index in [0.29, 0.717) is 16.8 Å². The van der Waals surface area contributed by atoms with Crippen LogP contribution < -0.4 is 21.8 Å². The highest BCUT2D eigenvalue weighted by Crippen LogP contribution is 2.15. The van der Waals surface area contributed by atoms with E-state index in [4.69, 9.17) is 10.9 Å². The molecular formula is C25H32N4O4. The van der Waals surface area contributed by atoms with Gasteiger partial charge in [0.25, 0.3) is 11.8 Å². The molecule has 2 atom stereocenters. The van der Waals surface area contributed by atoms with E-state index in [2.05, 4.69) is 22.5 Å². The fraction of sp³-hybridized carbons (Fsp3) is 0.320. The van der Waals surface area contributed by atoms with Gasteiger partial charge in [-0.2, -0.15) is 0 Å². The van der Waals surface area contributed by atoms with Gasteiger partial charge in [-0.15, -0.1) is 0 Å². The van der Waals surface area contributed by atoms with E-state index in [1.165, 1.54) is 5.48 Å². The van der Waals surface area contributed by atoms with E-state index in [0.717, 1.165) is 5.56 Å². The maximum Gasteiger partial charge on any atom is 0.267 e. The Bertz CT molecular complexity index is 1010. The van der Waals surface area contributed by atoms with Gasteiger partial charge in [-0.3, -0.25) is 19.6 Å². The maximum absolute atomic E-state index is 12.2. The van der Waals surface area contributed by atoms with Gasteiger partial charge in [-0.1, -0.05) is 40.0 Å². The number of nitrogens with two attached hydrogens (primary N) is 1. The van der Waals surface area contributed by atoms with E-state index in [1.54, 1.807) is 36.4 Å². The number of hydrogen-bond acceptors (Lipinski definition) is 5. The largest absolute Gasteiger partial charge is 0.339 e. The number of carbonyl (C=O) groups excluding carboxylic acids is 3. The van der Waals surface area contributed by atoms with Crippen molar-refractivity contribution in [3.8, 4) is 11.8 Å². The number of carbonyl (C=O) groups is 3. The summed E-state index contributed by atoms with van der Waals surface area (Å²) >= 11 is 0. The molecule has 8 nitrogen and oxygen atoms in total. The lowest BCUT2D eigenvalue weighted by Gasteiger charge is -2.15. The number of hydrogen-bond donors (Lipinski definition) is 5. The van der Waals surface area contributed by atoms with Gasteiger partial charge in [0, 0.05) is 34.8 Å². The molecule has 0 aliphatic heterocycles. The van der Waals surface area contributed by atoms with Gasteiger partial charge in [-0.25, -0.2) is 5.48 Å². The van der Waals surface area contributed by atoms with Crippen molar-refractivity contribution >= 4 is 23.4 Å². The Kier molecular flexibility index (Phi) is 10.8. The zero-order valence-electron chi connectivity index (χ0n) is 18.3. The Morgan fingerprint density at radius 3 is 1.88 bits per heavy atom. The molecule has 2 aromatic carbocycles. The first-order valence-corrected chi connectivity index (χ1v) is 10.2. The van der Waals surface area contributed by atoms with Crippen molar-refractivity contribution in [3.05, 3.63) is 65.2 Å². The Balaban J connectivity index is 0.00000544. The van der Waals surface area contributed by atoms with Crippen molar-refractivity contribution < 1.29 is 19.6 Å². The second-order valence-corrected chi connectivity index (χ2v) is 7.66. The van der Waals surface area contributed by atoms with Gasteiger partial charge in [0.05, 0.1) is 0 Å². The molecule has 0 saturated carbocycles. The molecule has 0 radical (unpaired) electrons. The zero-order valence-corrected chi connectivity index (χ0v) is 18.3. The lowest BCUT2D eigenvalue weighted by Crippen LogP contribution is -2.50. The number of anilines is 1. The van der Waals surface area contributed by atoms with E-state index in [9.17, 15) is 14.4 Å². The molecule has 0 unspecified atom stereocenters. The summed E-state index contributed by atoms with van der Waals surface area (Å²) in [6.45, 7) is 5.76. The minimum Gasteiger partial charge on any atom is -0.339 e. The number of benzene rings is 2. The summed E-state index contributed by atoms with van der Waals surface area (Å²) in [5.41, 5.74) is 9.42. The SMILES string of the molecule is C.CC(C)[C@H](C)C(=O)Nc1ccc(C#Cc2ccc(C(=O)N[C@@H](CN)C(=O)NO)cc2)cc1. The third-order valence-electron chi connectivity index (χ3n) is 5.03. The molecule has 2 aromatic rings. The smallest absolute Gasteiger partial charge is 0.267 e. The summed E-state index contributed by atoms with van der Waals surface area (Å²) in [5, 5.41) is 14.0. The van der Waals surface area contributed by atoms with Crippen LogP contribution in [0.4, 0.5) is 5.69 Å². The van der Waals surface area contributed by atoms with E-state index in [-0.39, 0.29) is 31.7 Å². The summed E-state index contributed by atoms with van der Waals surface area (Å²) in [6, 6.07) is 12.8. The van der Waals surface area contributed by atoms with Crippen LogP contribution in [0, 0.1) is 23.7 Å². The summed E-state index contributed by atoms with van der Waals surface area (Å²) in [5.74, 6) is 4.94. The number of hydroxylamine groups is 1. The molecule has 0 aliphatic carbocycles. The van der Waals surface area contributed by atoms with Gasteiger partial charge in [0.1, 0.15) is 6.04 Å².